The third-order valence-corrected chi connectivity index (χ3v) is 24.7. The van der Waals surface area contributed by atoms with Crippen molar-refractivity contribution in [3.05, 3.63) is 89.0 Å². The minimum atomic E-state index is -4.85. The number of imide groups is 1. The number of unbranched alkanes of at least 4 members (excludes halogenated alkanes) is 6. The molecule has 35 nitrogen and oxygen atoms in total. The number of carbonyl (C=O) groups excluding carboxylic acids is 11. The second-order valence-electron chi connectivity index (χ2n) is 32.8. The Morgan fingerprint density at radius 1 is 0.574 bits per heavy atom. The SMILES string of the molecule is CC(C)(C)OC(=O)NC1=NC2C(CSC2CCCCC(=O)NCCCCCC(=O)Cc2cc(CC(=O)CCCCCNC(=O)CCCCC3SCC4NC(NC(=O)OC(C)(C)C)=NC43)cc(C(=O)NCCC(=O)N3Cc4ccccc4-c4nnn(CCOCCOCCOCCOCCC(=O)ON5C(=O)CC(S(=O)(=O)O)C5=O)c4-c4ccccc43)c2)N1. The molecule has 0 spiro atoms. The van der Waals surface area contributed by atoms with Crippen LogP contribution in [-0.4, -0.2) is 245 Å². The Morgan fingerprint density at radius 3 is 1.61 bits per heavy atom. The van der Waals surface area contributed by atoms with Crippen molar-refractivity contribution >= 4 is 116 Å². The summed E-state index contributed by atoms with van der Waals surface area (Å²) < 4.78 is 66.8. The Kier molecular flexibility index (Phi) is 36.0. The van der Waals surface area contributed by atoms with Crippen molar-refractivity contribution in [1.82, 2.24) is 57.3 Å². The van der Waals surface area contributed by atoms with Crippen molar-refractivity contribution in [2.45, 2.75) is 241 Å². The fourth-order valence-corrected chi connectivity index (χ4v) is 18.6. The number of nitrogens with zero attached hydrogens (tertiary/aromatic N) is 7. The summed E-state index contributed by atoms with van der Waals surface area (Å²) in [7, 11) is -4.85. The number of alkyl carbamates (subject to hydrolysis) is 2. The highest BCUT2D eigenvalue weighted by atomic mass is 32.2. The number of fused-ring (bicyclic) bond motifs is 7. The van der Waals surface area contributed by atoms with E-state index in [0.29, 0.717) is 117 Å². The summed E-state index contributed by atoms with van der Waals surface area (Å²) in [5, 5.41) is 28.8. The molecular weight excluding hydrogens is 1640 g/mol. The number of benzene rings is 3. The molecule has 3 aromatic carbocycles. The average molecular weight is 1750 g/mol. The summed E-state index contributed by atoms with van der Waals surface area (Å²) in [5.41, 5.74) is 4.36. The highest BCUT2D eigenvalue weighted by Crippen LogP contribution is 2.42. The van der Waals surface area contributed by atoms with Gasteiger partial charge in [0, 0.05) is 103 Å². The van der Waals surface area contributed by atoms with Crippen LogP contribution in [0.4, 0.5) is 15.3 Å². The van der Waals surface area contributed by atoms with Gasteiger partial charge in [0.1, 0.15) is 28.5 Å². The van der Waals surface area contributed by atoms with Gasteiger partial charge < -0.3 is 64.7 Å². The van der Waals surface area contributed by atoms with Crippen molar-refractivity contribution in [2.24, 2.45) is 9.98 Å². The molecule has 7 unspecified atom stereocenters. The van der Waals surface area contributed by atoms with Crippen LogP contribution in [0.3, 0.4) is 0 Å². The summed E-state index contributed by atoms with van der Waals surface area (Å²) in [5.74, 6) is -1.72. The van der Waals surface area contributed by atoms with E-state index >= 15 is 0 Å². The van der Waals surface area contributed by atoms with Crippen LogP contribution in [0.15, 0.2) is 76.7 Å². The molecule has 8 amide bonds. The van der Waals surface area contributed by atoms with E-state index in [1.54, 1.807) is 69.3 Å². The maximum atomic E-state index is 14.7. The number of amides is 8. The Bertz CT molecular complexity index is 4380. The molecule has 6 aliphatic rings. The molecule has 0 radical (unpaired) electrons. The van der Waals surface area contributed by atoms with Gasteiger partial charge in [0.2, 0.25) is 29.6 Å². The number of para-hydroxylation sites is 1. The minimum Gasteiger partial charge on any atom is -0.444 e. The molecule has 4 aromatic rings. The molecule has 666 valence electrons. The molecule has 0 aliphatic carbocycles. The smallest absolute Gasteiger partial charge is 0.414 e. The topological polar surface area (TPSA) is 453 Å². The first-order valence-corrected chi connectivity index (χ1v) is 45.7. The first kappa shape index (κ1) is 94.8. The number of ether oxygens (including phenoxy) is 6. The zero-order valence-corrected chi connectivity index (χ0v) is 72.8. The molecule has 38 heteroatoms. The fourth-order valence-electron chi connectivity index (χ4n) is 14.9. The van der Waals surface area contributed by atoms with Gasteiger partial charge >= 0.3 is 18.2 Å². The Hall–Kier alpha value is -9.44. The van der Waals surface area contributed by atoms with E-state index in [2.05, 4.69) is 52.4 Å². The van der Waals surface area contributed by atoms with Gasteiger partial charge in [-0.25, -0.2) is 29.1 Å². The average Bonchev–Trinajstić information content (AvgIpc) is 1.44. The molecule has 0 saturated carbocycles. The number of hydrogen-bond donors (Lipinski definition) is 8. The van der Waals surface area contributed by atoms with Crippen LogP contribution in [0.1, 0.15) is 191 Å². The molecule has 3 fully saturated rings. The molecule has 7 heterocycles. The molecule has 0 bridgehead atoms. The molecule has 10 rings (SSSR count). The maximum Gasteiger partial charge on any atom is 0.414 e. The fraction of sp³-hybridized carbons (Fsp3) is 0.607. The normalized spacial score (nSPS) is 19.0. The first-order valence-electron chi connectivity index (χ1n) is 42.1. The van der Waals surface area contributed by atoms with Crippen molar-refractivity contribution in [2.75, 3.05) is 88.9 Å². The monoisotopic (exact) mass is 1750 g/mol. The van der Waals surface area contributed by atoms with Crippen LogP contribution in [-0.2, 0) is 108 Å². The predicted octanol–water partition coefficient (Wildman–Crippen LogP) is 7.58. The number of rotatable bonds is 47. The van der Waals surface area contributed by atoms with Gasteiger partial charge in [0.05, 0.1) is 114 Å². The van der Waals surface area contributed by atoms with E-state index in [0.717, 1.165) is 61.2 Å². The number of carbonyl (C=O) groups is 11. The Morgan fingerprint density at radius 2 is 1.08 bits per heavy atom. The number of guanidine groups is 2. The van der Waals surface area contributed by atoms with E-state index in [1.165, 1.54) is 0 Å². The summed E-state index contributed by atoms with van der Waals surface area (Å²) in [6.45, 7) is 13.5. The number of ketones is 2. The lowest BCUT2D eigenvalue weighted by atomic mass is 9.95. The number of Topliss-reactive ketones (excluding diaryl/α,β-unsaturated/α-hetero) is 2. The molecule has 6 aliphatic heterocycles. The van der Waals surface area contributed by atoms with E-state index in [4.69, 9.17) is 43.0 Å². The van der Waals surface area contributed by atoms with Crippen LogP contribution < -0.4 is 42.1 Å². The van der Waals surface area contributed by atoms with E-state index in [9.17, 15) is 61.2 Å². The van der Waals surface area contributed by atoms with Crippen molar-refractivity contribution in [1.29, 1.82) is 0 Å². The third kappa shape index (κ3) is 29.9. The highest BCUT2D eigenvalue weighted by Gasteiger charge is 2.49. The molecular formula is C84H116N14O21S3. The van der Waals surface area contributed by atoms with E-state index in [-0.39, 0.29) is 179 Å². The number of aliphatic imine (C=N–C) groups is 2. The molecule has 3 saturated heterocycles. The number of nitrogens with one attached hydrogen (secondary N) is 7. The van der Waals surface area contributed by atoms with Gasteiger partial charge in [0.25, 0.3) is 27.8 Å². The minimum absolute atomic E-state index is 0.0224. The lowest BCUT2D eigenvalue weighted by Gasteiger charge is -2.29. The van der Waals surface area contributed by atoms with Crippen LogP contribution in [0.5, 0.6) is 0 Å². The number of hydroxylamine groups is 2. The van der Waals surface area contributed by atoms with Crippen LogP contribution in [0, 0.1) is 0 Å². The van der Waals surface area contributed by atoms with Crippen LogP contribution >= 0.6 is 23.5 Å². The lowest BCUT2D eigenvalue weighted by Crippen LogP contribution is -2.44. The van der Waals surface area contributed by atoms with Gasteiger partial charge in [-0.1, -0.05) is 79.4 Å². The van der Waals surface area contributed by atoms with Crippen LogP contribution in [0.2, 0.25) is 0 Å². The quantitative estimate of drug-likeness (QED) is 0.0120. The van der Waals surface area contributed by atoms with Gasteiger partial charge in [-0.2, -0.15) is 31.9 Å². The van der Waals surface area contributed by atoms with Gasteiger partial charge in [-0.3, -0.25) is 53.5 Å². The molecule has 1 aromatic heterocycles. The predicted molar refractivity (Wildman–Crippen MR) is 456 cm³/mol. The Balaban J connectivity index is 0.660. The van der Waals surface area contributed by atoms with Gasteiger partial charge in [0.15, 0.2) is 5.25 Å². The third-order valence-electron chi connectivity index (χ3n) is 20.7. The second-order valence-corrected chi connectivity index (χ2v) is 36.9. The number of aromatic nitrogens is 3. The maximum absolute atomic E-state index is 14.7. The molecule has 8 N–H and O–H groups in total. The first-order chi connectivity index (χ1) is 58.4. The van der Waals surface area contributed by atoms with Crippen molar-refractivity contribution in [3.8, 4) is 22.5 Å². The highest BCUT2D eigenvalue weighted by molar-refractivity contribution is 8.00. The second kappa shape index (κ2) is 46.3. The zero-order valence-electron chi connectivity index (χ0n) is 70.3. The van der Waals surface area contributed by atoms with Crippen LogP contribution in [0.25, 0.3) is 22.5 Å². The summed E-state index contributed by atoms with van der Waals surface area (Å²) in [6.07, 6.45) is 7.99. The Labute approximate surface area is 719 Å². The van der Waals surface area contributed by atoms with E-state index < -0.39 is 68.9 Å². The van der Waals surface area contributed by atoms with Crippen molar-refractivity contribution < 1.29 is 99.0 Å². The zero-order chi connectivity index (χ0) is 87.4. The summed E-state index contributed by atoms with van der Waals surface area (Å²) in [6, 6.07) is 20.6. The lowest BCUT2D eigenvalue weighted by molar-refractivity contribution is -0.198. The van der Waals surface area contributed by atoms with E-state index in [1.807, 2.05) is 72.1 Å². The number of hydrogen-bond acceptors (Lipinski definition) is 28. The molecule has 122 heavy (non-hydrogen) atoms. The number of thioether (sulfide) groups is 2. The summed E-state index contributed by atoms with van der Waals surface area (Å²) >= 11 is 3.71. The van der Waals surface area contributed by atoms with Gasteiger partial charge in [-0.15, -0.1) is 10.2 Å². The van der Waals surface area contributed by atoms with Crippen molar-refractivity contribution in [3.63, 3.8) is 0 Å². The summed E-state index contributed by atoms with van der Waals surface area (Å²) in [4.78, 5) is 159. The molecule has 7 atom stereocenters. The standard InChI is InChI=1S/C84H116N14O21S3/c1-83(2,3)117-81(108)92-79-88-62-52-120-65(74(62)90-79)27-15-17-29-68(101)85-33-19-7-9-22-58(99)48-54-45-55(49-59(100)23-10-8-20-34-86-69(102)30-18-16-28-66-75-63(53-121-66)89-80(91-75)93-82(109)118-84(4,5)6)47-57(46-54)77(106)87-35-31-70(103)96-51-56-21-11-12-24-60(56)73-76(61-25-13-14-26-64(61)96)97(95-94-73)36-38-114-40-42-116-44-43-115-41-39-113-37-32-72(105)119-98-71(104)50-67(78(98)107)122(110,111)112/h11-14,21,24-26,45-47,62-63,65-67,74-75H,7-10,15-20,22-23,27-44,48-53H2,1-6H3,(H,85,101)(H,86,102)(H,87,106)(H,110,111,112)(H2,88,90,92,108)(H2,89,91,93,109). The van der Waals surface area contributed by atoms with Gasteiger partial charge in [-0.05, 0) is 128 Å². The largest absolute Gasteiger partial charge is 0.444 e. The number of anilines is 1.